The van der Waals surface area contributed by atoms with Gasteiger partial charge < -0.3 is 15.4 Å². The molecule has 0 radical (unpaired) electrons. The first-order valence-corrected chi connectivity index (χ1v) is 9.29. The van der Waals surface area contributed by atoms with E-state index in [4.69, 9.17) is 4.74 Å². The number of hydrogen-bond donors (Lipinski definition) is 2. The van der Waals surface area contributed by atoms with Crippen LogP contribution in [0.25, 0.3) is 0 Å². The lowest BCUT2D eigenvalue weighted by Gasteiger charge is -2.14. The van der Waals surface area contributed by atoms with Crippen molar-refractivity contribution >= 4 is 17.5 Å². The molecule has 144 valence electrons. The number of benzene rings is 2. The Balaban J connectivity index is 1.63. The molecule has 1 heterocycles. The fourth-order valence-corrected chi connectivity index (χ4v) is 2.65. The summed E-state index contributed by atoms with van der Waals surface area (Å²) >= 11 is 0. The second-order valence-electron chi connectivity index (χ2n) is 6.54. The standard InChI is InChI=1S/C22H24N4O2/c1-16(2)28-20-11-7-6-10-18(20)25-22-24-15-13-19(26-22)21(27)23-14-12-17-8-4-3-5-9-17/h3-11,13,15-16H,12,14H2,1-2H3,(H,23,27)(H,24,25,26). The molecule has 0 spiro atoms. The van der Waals surface area contributed by atoms with Crippen molar-refractivity contribution in [1.29, 1.82) is 0 Å². The van der Waals surface area contributed by atoms with E-state index in [1.165, 1.54) is 5.56 Å². The molecule has 0 saturated carbocycles. The van der Waals surface area contributed by atoms with E-state index in [-0.39, 0.29) is 12.0 Å². The van der Waals surface area contributed by atoms with Crippen LogP contribution in [0.1, 0.15) is 29.9 Å². The first-order chi connectivity index (χ1) is 13.6. The van der Waals surface area contributed by atoms with E-state index >= 15 is 0 Å². The first kappa shape index (κ1) is 19.4. The summed E-state index contributed by atoms with van der Waals surface area (Å²) in [5.41, 5.74) is 2.24. The predicted octanol–water partition coefficient (Wildman–Crippen LogP) is 3.98. The second-order valence-corrected chi connectivity index (χ2v) is 6.54. The Morgan fingerprint density at radius 2 is 1.79 bits per heavy atom. The monoisotopic (exact) mass is 376 g/mol. The maximum atomic E-state index is 12.4. The normalized spacial score (nSPS) is 10.5. The number of aromatic nitrogens is 2. The molecule has 0 aliphatic carbocycles. The van der Waals surface area contributed by atoms with Crippen LogP contribution in [0.4, 0.5) is 11.6 Å². The van der Waals surface area contributed by atoms with Crippen LogP contribution in [0.5, 0.6) is 5.75 Å². The minimum absolute atomic E-state index is 0.0468. The highest BCUT2D eigenvalue weighted by Gasteiger charge is 2.11. The van der Waals surface area contributed by atoms with Crippen molar-refractivity contribution < 1.29 is 9.53 Å². The number of hydrogen-bond acceptors (Lipinski definition) is 5. The van der Waals surface area contributed by atoms with Crippen LogP contribution >= 0.6 is 0 Å². The Bertz CT molecular complexity index is 913. The molecule has 0 saturated heterocycles. The van der Waals surface area contributed by atoms with Crippen LogP contribution in [0.15, 0.2) is 66.9 Å². The average molecular weight is 376 g/mol. The van der Waals surface area contributed by atoms with E-state index in [1.54, 1.807) is 12.3 Å². The highest BCUT2D eigenvalue weighted by molar-refractivity contribution is 5.92. The molecule has 28 heavy (non-hydrogen) atoms. The molecular formula is C22H24N4O2. The Kier molecular flexibility index (Phi) is 6.57. The zero-order chi connectivity index (χ0) is 19.8. The minimum Gasteiger partial charge on any atom is -0.489 e. The molecule has 0 aliphatic heterocycles. The Morgan fingerprint density at radius 3 is 2.57 bits per heavy atom. The van der Waals surface area contributed by atoms with Crippen LogP contribution < -0.4 is 15.4 Å². The molecule has 1 aromatic heterocycles. The van der Waals surface area contributed by atoms with Crippen LogP contribution in [-0.2, 0) is 6.42 Å². The van der Waals surface area contributed by atoms with Crippen molar-refractivity contribution in [3.8, 4) is 5.75 Å². The quantitative estimate of drug-likeness (QED) is 0.622. The molecule has 3 aromatic rings. The van der Waals surface area contributed by atoms with Gasteiger partial charge in [-0.05, 0) is 44.0 Å². The maximum absolute atomic E-state index is 12.4. The third-order valence-electron chi connectivity index (χ3n) is 3.93. The Morgan fingerprint density at radius 1 is 1.04 bits per heavy atom. The van der Waals surface area contributed by atoms with Gasteiger partial charge in [0.2, 0.25) is 5.95 Å². The van der Waals surface area contributed by atoms with Gasteiger partial charge in [0.05, 0.1) is 11.8 Å². The van der Waals surface area contributed by atoms with E-state index in [2.05, 4.69) is 20.6 Å². The molecule has 2 N–H and O–H groups in total. The fourth-order valence-electron chi connectivity index (χ4n) is 2.65. The van der Waals surface area contributed by atoms with Crippen molar-refractivity contribution in [3.05, 3.63) is 78.1 Å². The lowest BCUT2D eigenvalue weighted by atomic mass is 10.1. The molecule has 0 unspecified atom stereocenters. The molecule has 2 aromatic carbocycles. The van der Waals surface area contributed by atoms with Gasteiger partial charge in [0.25, 0.3) is 5.91 Å². The molecule has 0 aliphatic rings. The van der Waals surface area contributed by atoms with Gasteiger partial charge in [-0.1, -0.05) is 42.5 Å². The van der Waals surface area contributed by atoms with Gasteiger partial charge in [-0.25, -0.2) is 9.97 Å². The predicted molar refractivity (Wildman–Crippen MR) is 110 cm³/mol. The van der Waals surface area contributed by atoms with Gasteiger partial charge >= 0.3 is 0 Å². The fraction of sp³-hybridized carbons (Fsp3) is 0.227. The zero-order valence-electron chi connectivity index (χ0n) is 16.1. The number of carbonyl (C=O) groups is 1. The topological polar surface area (TPSA) is 76.1 Å². The van der Waals surface area contributed by atoms with Gasteiger partial charge in [0.15, 0.2) is 0 Å². The van der Waals surface area contributed by atoms with Crippen LogP contribution in [-0.4, -0.2) is 28.5 Å². The number of ether oxygens (including phenoxy) is 1. The number of carbonyl (C=O) groups excluding carboxylic acids is 1. The highest BCUT2D eigenvalue weighted by atomic mass is 16.5. The maximum Gasteiger partial charge on any atom is 0.270 e. The smallest absolute Gasteiger partial charge is 0.270 e. The van der Waals surface area contributed by atoms with Crippen molar-refractivity contribution in [1.82, 2.24) is 15.3 Å². The zero-order valence-corrected chi connectivity index (χ0v) is 16.1. The third-order valence-corrected chi connectivity index (χ3v) is 3.93. The van der Waals surface area contributed by atoms with Crippen molar-refractivity contribution in [2.24, 2.45) is 0 Å². The van der Waals surface area contributed by atoms with Gasteiger partial charge in [0, 0.05) is 12.7 Å². The summed E-state index contributed by atoms with van der Waals surface area (Å²) in [5.74, 6) is 0.822. The van der Waals surface area contributed by atoms with Crippen LogP contribution in [0.3, 0.4) is 0 Å². The SMILES string of the molecule is CC(C)Oc1ccccc1Nc1nccc(C(=O)NCCc2ccccc2)n1. The van der Waals surface area contributed by atoms with Gasteiger partial charge in [-0.15, -0.1) is 0 Å². The summed E-state index contributed by atoms with van der Waals surface area (Å²) in [7, 11) is 0. The van der Waals surface area contributed by atoms with E-state index in [0.29, 0.717) is 23.9 Å². The van der Waals surface area contributed by atoms with E-state index in [9.17, 15) is 4.79 Å². The van der Waals surface area contributed by atoms with Gasteiger partial charge in [-0.3, -0.25) is 4.79 Å². The summed E-state index contributed by atoms with van der Waals surface area (Å²) in [4.78, 5) is 20.9. The lowest BCUT2D eigenvalue weighted by molar-refractivity contribution is 0.0949. The summed E-state index contributed by atoms with van der Waals surface area (Å²) in [6, 6.07) is 19.2. The summed E-state index contributed by atoms with van der Waals surface area (Å²) in [6.07, 6.45) is 2.38. The van der Waals surface area contributed by atoms with Crippen LogP contribution in [0, 0.1) is 0 Å². The third kappa shape index (κ3) is 5.54. The minimum atomic E-state index is -0.229. The molecule has 1 amide bonds. The van der Waals surface area contributed by atoms with Crippen molar-refractivity contribution in [2.75, 3.05) is 11.9 Å². The van der Waals surface area contributed by atoms with E-state index < -0.39 is 0 Å². The van der Waals surface area contributed by atoms with Gasteiger partial charge in [-0.2, -0.15) is 0 Å². The molecule has 0 atom stereocenters. The number of amides is 1. The second kappa shape index (κ2) is 9.50. The lowest BCUT2D eigenvalue weighted by Crippen LogP contribution is -2.26. The van der Waals surface area contributed by atoms with Crippen LogP contribution in [0.2, 0.25) is 0 Å². The Hall–Kier alpha value is -3.41. The molecule has 6 nitrogen and oxygen atoms in total. The van der Waals surface area contributed by atoms with E-state index in [1.807, 2.05) is 68.4 Å². The summed E-state index contributed by atoms with van der Waals surface area (Å²) in [5, 5.41) is 6.02. The van der Waals surface area contributed by atoms with E-state index in [0.717, 1.165) is 12.1 Å². The number of para-hydroxylation sites is 2. The number of nitrogens with zero attached hydrogens (tertiary/aromatic N) is 2. The Labute approximate surface area is 165 Å². The summed E-state index contributed by atoms with van der Waals surface area (Å²) in [6.45, 7) is 4.47. The van der Waals surface area contributed by atoms with Crippen molar-refractivity contribution in [3.63, 3.8) is 0 Å². The number of anilines is 2. The first-order valence-electron chi connectivity index (χ1n) is 9.29. The molecule has 3 rings (SSSR count). The largest absolute Gasteiger partial charge is 0.489 e. The molecule has 0 fully saturated rings. The number of rotatable bonds is 8. The molecule has 6 heteroatoms. The molecular weight excluding hydrogens is 352 g/mol. The molecule has 0 bridgehead atoms. The van der Waals surface area contributed by atoms with Gasteiger partial charge in [0.1, 0.15) is 11.4 Å². The highest BCUT2D eigenvalue weighted by Crippen LogP contribution is 2.26. The van der Waals surface area contributed by atoms with Crippen molar-refractivity contribution in [2.45, 2.75) is 26.4 Å². The average Bonchev–Trinajstić information content (AvgIpc) is 2.70. The summed E-state index contributed by atoms with van der Waals surface area (Å²) < 4.78 is 5.79. The number of nitrogens with one attached hydrogen (secondary N) is 2.